The number of fused-ring (bicyclic) bond motifs is 2. The molecule has 0 bridgehead atoms. The van der Waals surface area contributed by atoms with Crippen molar-refractivity contribution in [2.45, 2.75) is 38.5 Å². The van der Waals surface area contributed by atoms with Gasteiger partial charge in [-0.2, -0.15) is 0 Å². The van der Waals surface area contributed by atoms with Gasteiger partial charge in [0.15, 0.2) is 0 Å². The lowest BCUT2D eigenvalue weighted by molar-refractivity contribution is 0.0697. The molecule has 0 amide bonds. The summed E-state index contributed by atoms with van der Waals surface area (Å²) < 4.78 is 0. The molecule has 4 heteroatoms. The van der Waals surface area contributed by atoms with Gasteiger partial charge in [-0.25, -0.2) is 4.79 Å². The van der Waals surface area contributed by atoms with Crippen LogP contribution in [0.2, 0.25) is 5.02 Å². The van der Waals surface area contributed by atoms with Crippen LogP contribution in [0.15, 0.2) is 18.2 Å². The fourth-order valence-electron chi connectivity index (χ4n) is 3.20. The van der Waals surface area contributed by atoms with Crippen molar-refractivity contribution in [1.82, 2.24) is 4.98 Å². The number of nitrogens with zero attached hydrogens (tertiary/aromatic N) is 1. The summed E-state index contributed by atoms with van der Waals surface area (Å²) in [5, 5.41) is 10.8. The Morgan fingerprint density at radius 3 is 3.00 bits per heavy atom. The Hall–Kier alpha value is -1.61. The van der Waals surface area contributed by atoms with Crippen LogP contribution >= 0.6 is 11.6 Å². The molecule has 1 N–H and O–H groups in total. The smallest absolute Gasteiger partial charge is 0.336 e. The molecule has 1 atom stereocenters. The Morgan fingerprint density at radius 2 is 2.30 bits per heavy atom. The van der Waals surface area contributed by atoms with Gasteiger partial charge >= 0.3 is 5.97 Å². The van der Waals surface area contributed by atoms with Gasteiger partial charge in [-0.3, -0.25) is 4.98 Å². The summed E-state index contributed by atoms with van der Waals surface area (Å²) in [5.74, 6) is -0.537. The number of aromatic carboxylic acids is 1. The van der Waals surface area contributed by atoms with Crippen molar-refractivity contribution in [1.29, 1.82) is 0 Å². The minimum absolute atomic E-state index is 0.345. The Morgan fingerprint density at radius 1 is 1.50 bits per heavy atom. The number of rotatable bonds is 2. The third-order valence-corrected chi connectivity index (χ3v) is 4.48. The van der Waals surface area contributed by atoms with Crippen molar-refractivity contribution in [3.63, 3.8) is 0 Å². The molecule has 1 aromatic carbocycles. The van der Waals surface area contributed by atoms with Gasteiger partial charge in [0.25, 0.3) is 0 Å². The largest absolute Gasteiger partial charge is 0.478 e. The molecular weight excluding hydrogens is 274 g/mol. The Labute approximate surface area is 122 Å². The normalized spacial score (nSPS) is 18.0. The highest BCUT2D eigenvalue weighted by atomic mass is 35.5. The Kier molecular flexibility index (Phi) is 3.38. The maximum atomic E-state index is 11.7. The lowest BCUT2D eigenvalue weighted by Crippen LogP contribution is -2.17. The summed E-state index contributed by atoms with van der Waals surface area (Å²) in [4.78, 5) is 16.4. The lowest BCUT2D eigenvalue weighted by Gasteiger charge is -2.25. The summed E-state index contributed by atoms with van der Waals surface area (Å²) in [5.41, 5.74) is 2.86. The first kappa shape index (κ1) is 13.4. The van der Waals surface area contributed by atoms with Gasteiger partial charge in [-0.15, -0.1) is 0 Å². The number of hydrogen-bond acceptors (Lipinski definition) is 2. The van der Waals surface area contributed by atoms with E-state index in [1.165, 1.54) is 0 Å². The second-order valence-corrected chi connectivity index (χ2v) is 5.70. The maximum Gasteiger partial charge on any atom is 0.336 e. The molecule has 0 radical (unpaired) electrons. The van der Waals surface area contributed by atoms with Gasteiger partial charge in [-0.1, -0.05) is 30.7 Å². The second-order valence-electron chi connectivity index (χ2n) is 5.29. The van der Waals surface area contributed by atoms with Crippen molar-refractivity contribution >= 4 is 28.5 Å². The van der Waals surface area contributed by atoms with Crippen LogP contribution in [0.5, 0.6) is 0 Å². The van der Waals surface area contributed by atoms with Crippen molar-refractivity contribution in [2.24, 2.45) is 0 Å². The van der Waals surface area contributed by atoms with Crippen LogP contribution in [0.25, 0.3) is 10.9 Å². The van der Waals surface area contributed by atoms with Crippen molar-refractivity contribution in [2.75, 3.05) is 0 Å². The van der Waals surface area contributed by atoms with Crippen LogP contribution in [0, 0.1) is 0 Å². The number of hydrogen-bond donors (Lipinski definition) is 1. The summed E-state index contributed by atoms with van der Waals surface area (Å²) in [6.07, 6.45) is 3.88. The highest BCUT2D eigenvalue weighted by Crippen LogP contribution is 2.38. The Balaban J connectivity index is 2.41. The maximum absolute atomic E-state index is 11.7. The molecule has 0 saturated heterocycles. The monoisotopic (exact) mass is 289 g/mol. The third-order valence-electron chi connectivity index (χ3n) is 4.17. The number of para-hydroxylation sites is 1. The van der Waals surface area contributed by atoms with E-state index < -0.39 is 5.97 Å². The minimum Gasteiger partial charge on any atom is -0.478 e. The number of carboxylic acid groups (broad SMARTS) is 1. The van der Waals surface area contributed by atoms with Gasteiger partial charge in [0.1, 0.15) is 0 Å². The van der Waals surface area contributed by atoms with E-state index in [0.29, 0.717) is 27.4 Å². The van der Waals surface area contributed by atoms with Crippen molar-refractivity contribution in [3.05, 3.63) is 40.0 Å². The van der Waals surface area contributed by atoms with Gasteiger partial charge in [-0.05, 0) is 37.3 Å². The molecule has 2 aromatic rings. The van der Waals surface area contributed by atoms with E-state index in [9.17, 15) is 9.90 Å². The topological polar surface area (TPSA) is 50.2 Å². The van der Waals surface area contributed by atoms with Crippen LogP contribution in [-0.4, -0.2) is 16.1 Å². The number of carbonyl (C=O) groups is 1. The number of benzene rings is 1. The van der Waals surface area contributed by atoms with E-state index in [4.69, 9.17) is 16.6 Å². The van der Waals surface area contributed by atoms with E-state index in [2.05, 4.69) is 6.92 Å². The fraction of sp³-hybridized carbons (Fsp3) is 0.375. The van der Waals surface area contributed by atoms with Crippen LogP contribution in [-0.2, 0) is 6.42 Å². The zero-order chi connectivity index (χ0) is 14.3. The molecule has 3 rings (SSSR count). The molecule has 0 spiro atoms. The quantitative estimate of drug-likeness (QED) is 0.890. The van der Waals surface area contributed by atoms with Crippen molar-refractivity contribution in [3.8, 4) is 0 Å². The van der Waals surface area contributed by atoms with E-state index >= 15 is 0 Å². The lowest BCUT2D eigenvalue weighted by atomic mass is 9.82. The summed E-state index contributed by atoms with van der Waals surface area (Å²) >= 11 is 6.21. The van der Waals surface area contributed by atoms with Gasteiger partial charge in [0, 0.05) is 17.0 Å². The summed E-state index contributed by atoms with van der Waals surface area (Å²) in [6, 6.07) is 5.34. The molecule has 1 aromatic heterocycles. The first-order valence-corrected chi connectivity index (χ1v) is 7.35. The molecule has 1 heterocycles. The zero-order valence-electron chi connectivity index (χ0n) is 11.3. The number of carboxylic acids is 1. The van der Waals surface area contributed by atoms with Gasteiger partial charge < -0.3 is 5.11 Å². The van der Waals surface area contributed by atoms with E-state index in [0.717, 1.165) is 36.9 Å². The fourth-order valence-corrected chi connectivity index (χ4v) is 3.42. The van der Waals surface area contributed by atoms with E-state index in [1.54, 1.807) is 18.2 Å². The molecule has 1 aliphatic rings. The van der Waals surface area contributed by atoms with Crippen LogP contribution in [0.1, 0.15) is 53.7 Å². The molecule has 0 aliphatic heterocycles. The minimum atomic E-state index is -0.882. The summed E-state index contributed by atoms with van der Waals surface area (Å²) in [7, 11) is 0. The summed E-state index contributed by atoms with van der Waals surface area (Å²) in [6.45, 7) is 2.12. The molecule has 1 aliphatic carbocycles. The van der Waals surface area contributed by atoms with Gasteiger partial charge in [0.2, 0.25) is 0 Å². The molecule has 20 heavy (non-hydrogen) atoms. The molecule has 3 nitrogen and oxygen atoms in total. The molecular formula is C16H16ClNO2. The van der Waals surface area contributed by atoms with Gasteiger partial charge in [0.05, 0.1) is 16.1 Å². The average molecular weight is 290 g/mol. The van der Waals surface area contributed by atoms with Crippen LogP contribution in [0.3, 0.4) is 0 Å². The first-order chi connectivity index (χ1) is 9.63. The molecule has 0 saturated carbocycles. The highest BCUT2D eigenvalue weighted by Gasteiger charge is 2.27. The second kappa shape index (κ2) is 5.06. The third kappa shape index (κ3) is 1.97. The Bertz CT molecular complexity index is 696. The highest BCUT2D eigenvalue weighted by molar-refractivity contribution is 6.35. The zero-order valence-corrected chi connectivity index (χ0v) is 12.1. The number of halogens is 1. The van der Waals surface area contributed by atoms with Crippen molar-refractivity contribution < 1.29 is 9.90 Å². The molecule has 104 valence electrons. The van der Waals surface area contributed by atoms with E-state index in [1.807, 2.05) is 0 Å². The average Bonchev–Trinajstić information content (AvgIpc) is 2.44. The number of pyridine rings is 1. The predicted molar refractivity (Wildman–Crippen MR) is 79.7 cm³/mol. The van der Waals surface area contributed by atoms with E-state index in [-0.39, 0.29) is 0 Å². The SMILES string of the molecule is CCC1CCCc2c1nc1c(Cl)cccc1c2C(=O)O. The first-order valence-electron chi connectivity index (χ1n) is 6.97. The molecule has 1 unspecified atom stereocenters. The molecule has 0 fully saturated rings. The predicted octanol–water partition coefficient (Wildman–Crippen LogP) is 4.42. The standard InChI is InChI=1S/C16H16ClNO2/c1-2-9-5-3-6-10-13(16(19)20)11-7-4-8-12(17)15(11)18-14(9)10/h4,7-9H,2-3,5-6H2,1H3,(H,19,20). The van der Waals surface area contributed by atoms with Crippen LogP contribution < -0.4 is 0 Å². The van der Waals surface area contributed by atoms with Crippen LogP contribution in [0.4, 0.5) is 0 Å². The number of aromatic nitrogens is 1.